The van der Waals surface area contributed by atoms with Crippen molar-refractivity contribution in [2.24, 2.45) is 0 Å². The Morgan fingerprint density at radius 2 is 1.81 bits per heavy atom. The number of aromatic amines is 1. The summed E-state index contributed by atoms with van der Waals surface area (Å²) in [5.74, 6) is -3.44. The molecule has 3 heterocycles. The van der Waals surface area contributed by atoms with Crippen molar-refractivity contribution in [1.82, 2.24) is 14.9 Å². The standard InChI is InChI=1S/C20H15F3N4O4S/c21-20(22,23)19(26-15(28)12-7-4-10-32-12)13-14(24-17(19)30)27(18(31)25-16(13)29)9-8-11-5-2-1-3-6-11/h1-7,10H,8-9H2,(H,24,30)(H,26,28)(H,25,29,31)/t19-/m1/s1. The molecule has 2 aromatic heterocycles. The van der Waals surface area contributed by atoms with E-state index in [1.807, 2.05) is 10.3 Å². The van der Waals surface area contributed by atoms with Gasteiger partial charge in [-0.05, 0) is 23.4 Å². The summed E-state index contributed by atoms with van der Waals surface area (Å²) in [6.07, 6.45) is -5.13. The molecule has 12 heteroatoms. The van der Waals surface area contributed by atoms with Gasteiger partial charge in [0.2, 0.25) is 0 Å². The molecule has 32 heavy (non-hydrogen) atoms. The molecule has 0 radical (unpaired) electrons. The van der Waals surface area contributed by atoms with Gasteiger partial charge in [-0.3, -0.25) is 23.9 Å². The van der Waals surface area contributed by atoms with E-state index in [9.17, 15) is 32.3 Å². The van der Waals surface area contributed by atoms with Crippen LogP contribution >= 0.6 is 11.3 Å². The van der Waals surface area contributed by atoms with E-state index in [0.717, 1.165) is 21.5 Å². The molecule has 0 aliphatic carbocycles. The Balaban J connectivity index is 1.84. The Kier molecular flexibility index (Phi) is 5.25. The first kappa shape index (κ1) is 21.6. The highest BCUT2D eigenvalue weighted by Gasteiger charge is 2.68. The lowest BCUT2D eigenvalue weighted by Crippen LogP contribution is -2.62. The Morgan fingerprint density at radius 3 is 2.44 bits per heavy atom. The van der Waals surface area contributed by atoms with E-state index in [0.29, 0.717) is 0 Å². The van der Waals surface area contributed by atoms with Crippen molar-refractivity contribution in [3.8, 4) is 0 Å². The van der Waals surface area contributed by atoms with Crippen LogP contribution in [0.4, 0.5) is 19.0 Å². The van der Waals surface area contributed by atoms with Crippen LogP contribution in [0.2, 0.25) is 0 Å². The van der Waals surface area contributed by atoms with E-state index >= 15 is 0 Å². The van der Waals surface area contributed by atoms with E-state index < -0.39 is 46.2 Å². The molecule has 166 valence electrons. The molecule has 3 N–H and O–H groups in total. The Hall–Kier alpha value is -3.67. The predicted octanol–water partition coefficient (Wildman–Crippen LogP) is 1.98. The highest BCUT2D eigenvalue weighted by Crippen LogP contribution is 2.45. The summed E-state index contributed by atoms with van der Waals surface area (Å²) >= 11 is 0.870. The number of benzene rings is 1. The molecule has 0 fully saturated rings. The number of halogens is 3. The van der Waals surface area contributed by atoms with Crippen LogP contribution in [0, 0.1) is 0 Å². The third kappa shape index (κ3) is 3.42. The summed E-state index contributed by atoms with van der Waals surface area (Å²) in [6.45, 7) is -0.116. The van der Waals surface area contributed by atoms with Crippen LogP contribution in [0.1, 0.15) is 20.8 Å². The second-order valence-corrected chi connectivity index (χ2v) is 7.95. The Bertz CT molecular complexity index is 1300. The molecule has 0 bridgehead atoms. The van der Waals surface area contributed by atoms with Crippen molar-refractivity contribution >= 4 is 29.0 Å². The molecule has 0 saturated carbocycles. The first-order valence-corrected chi connectivity index (χ1v) is 10.2. The van der Waals surface area contributed by atoms with Gasteiger partial charge >= 0.3 is 11.9 Å². The SMILES string of the molecule is O=C(N[C@@]1(C(F)(F)F)C(=O)Nc2c1c(=O)[nH]c(=O)n2CCc1ccccc1)c1cccs1. The fourth-order valence-corrected chi connectivity index (χ4v) is 4.18. The van der Waals surface area contributed by atoms with Gasteiger partial charge in [-0.1, -0.05) is 36.4 Å². The summed E-state index contributed by atoms with van der Waals surface area (Å²) < 4.78 is 43.7. The van der Waals surface area contributed by atoms with Gasteiger partial charge in [0.15, 0.2) is 0 Å². The number of alkyl halides is 3. The normalized spacial score (nSPS) is 17.7. The number of aromatic nitrogens is 2. The number of nitrogens with zero attached hydrogens (tertiary/aromatic N) is 1. The number of nitrogens with one attached hydrogen (secondary N) is 3. The molecule has 1 atom stereocenters. The number of H-pyrrole nitrogens is 1. The molecular weight excluding hydrogens is 449 g/mol. The molecule has 8 nitrogen and oxygen atoms in total. The van der Waals surface area contributed by atoms with Crippen LogP contribution < -0.4 is 21.9 Å². The number of hydrogen-bond acceptors (Lipinski definition) is 5. The largest absolute Gasteiger partial charge is 0.425 e. The van der Waals surface area contributed by atoms with Crippen molar-refractivity contribution in [3.63, 3.8) is 0 Å². The van der Waals surface area contributed by atoms with E-state index in [2.05, 4.69) is 0 Å². The first-order chi connectivity index (χ1) is 15.1. The van der Waals surface area contributed by atoms with Gasteiger partial charge in [0, 0.05) is 6.54 Å². The van der Waals surface area contributed by atoms with Crippen molar-refractivity contribution in [3.05, 3.63) is 84.7 Å². The van der Waals surface area contributed by atoms with Crippen molar-refractivity contribution in [2.45, 2.75) is 24.7 Å². The summed E-state index contributed by atoms with van der Waals surface area (Å²) in [6, 6.07) is 11.5. The number of fused-ring (bicyclic) bond motifs is 1. The van der Waals surface area contributed by atoms with Crippen LogP contribution in [0.25, 0.3) is 0 Å². The summed E-state index contributed by atoms with van der Waals surface area (Å²) in [5, 5.41) is 5.18. The van der Waals surface area contributed by atoms with Crippen LogP contribution in [0.15, 0.2) is 57.4 Å². The van der Waals surface area contributed by atoms with E-state index in [1.165, 1.54) is 17.5 Å². The zero-order chi connectivity index (χ0) is 23.1. The van der Waals surface area contributed by atoms with E-state index in [1.54, 1.807) is 35.6 Å². The average Bonchev–Trinajstić information content (AvgIpc) is 3.36. The Labute approximate surface area is 181 Å². The zero-order valence-electron chi connectivity index (χ0n) is 16.2. The molecule has 0 saturated heterocycles. The number of aryl methyl sites for hydroxylation is 1. The molecular formula is C20H15F3N4O4S. The van der Waals surface area contributed by atoms with E-state index in [-0.39, 0.29) is 17.8 Å². The molecule has 3 aromatic rings. The average molecular weight is 464 g/mol. The lowest BCUT2D eigenvalue weighted by molar-refractivity contribution is -0.196. The molecule has 1 aliphatic rings. The monoisotopic (exact) mass is 464 g/mol. The van der Waals surface area contributed by atoms with Gasteiger partial charge in [0.05, 0.1) is 4.88 Å². The molecule has 4 rings (SSSR count). The maximum atomic E-state index is 14.3. The lowest BCUT2D eigenvalue weighted by Gasteiger charge is -2.29. The topological polar surface area (TPSA) is 113 Å². The number of carbonyl (C=O) groups is 2. The zero-order valence-corrected chi connectivity index (χ0v) is 17.0. The summed E-state index contributed by atoms with van der Waals surface area (Å²) in [7, 11) is 0. The lowest BCUT2D eigenvalue weighted by atomic mass is 9.92. The molecule has 0 unspecified atom stereocenters. The van der Waals surface area contributed by atoms with Gasteiger partial charge < -0.3 is 10.6 Å². The third-order valence-electron chi connectivity index (χ3n) is 5.09. The first-order valence-electron chi connectivity index (χ1n) is 9.31. The highest BCUT2D eigenvalue weighted by molar-refractivity contribution is 7.12. The number of rotatable bonds is 5. The van der Waals surface area contributed by atoms with Gasteiger partial charge in [0.25, 0.3) is 22.9 Å². The third-order valence-corrected chi connectivity index (χ3v) is 5.95. The van der Waals surface area contributed by atoms with Crippen molar-refractivity contribution in [2.75, 3.05) is 5.32 Å². The molecule has 1 aromatic carbocycles. The fourth-order valence-electron chi connectivity index (χ4n) is 3.56. The summed E-state index contributed by atoms with van der Waals surface area (Å²) in [5.41, 5.74) is -6.33. The fraction of sp³-hybridized carbons (Fsp3) is 0.200. The van der Waals surface area contributed by atoms with Gasteiger partial charge in [-0.25, -0.2) is 4.79 Å². The Morgan fingerprint density at radius 1 is 1.09 bits per heavy atom. The van der Waals surface area contributed by atoms with E-state index in [4.69, 9.17) is 0 Å². The number of anilines is 1. The number of thiophene rings is 1. The molecule has 2 amide bonds. The quantitative estimate of drug-likeness (QED) is 0.536. The maximum Gasteiger partial charge on any atom is 0.425 e. The number of carbonyl (C=O) groups excluding carboxylic acids is 2. The minimum atomic E-state index is -5.37. The minimum Gasteiger partial charge on any atom is -0.326 e. The van der Waals surface area contributed by atoms with Crippen molar-refractivity contribution < 1.29 is 22.8 Å². The predicted molar refractivity (Wildman–Crippen MR) is 110 cm³/mol. The van der Waals surface area contributed by atoms with Crippen LogP contribution in [0.5, 0.6) is 0 Å². The van der Waals surface area contributed by atoms with Gasteiger partial charge in [-0.15, -0.1) is 11.3 Å². The maximum absolute atomic E-state index is 14.3. The van der Waals surface area contributed by atoms with Crippen LogP contribution in [-0.4, -0.2) is 27.5 Å². The number of hydrogen-bond donors (Lipinski definition) is 3. The minimum absolute atomic E-state index is 0.0799. The molecule has 1 aliphatic heterocycles. The van der Waals surface area contributed by atoms with Gasteiger partial charge in [-0.2, -0.15) is 13.2 Å². The number of amides is 2. The second-order valence-electron chi connectivity index (χ2n) is 7.00. The van der Waals surface area contributed by atoms with Crippen LogP contribution in [0.3, 0.4) is 0 Å². The summed E-state index contributed by atoms with van der Waals surface area (Å²) in [4.78, 5) is 51.8. The van der Waals surface area contributed by atoms with Crippen molar-refractivity contribution in [1.29, 1.82) is 0 Å². The molecule has 0 spiro atoms. The second kappa shape index (κ2) is 7.79. The smallest absolute Gasteiger partial charge is 0.326 e. The van der Waals surface area contributed by atoms with Gasteiger partial charge in [0.1, 0.15) is 11.4 Å². The van der Waals surface area contributed by atoms with Crippen LogP contribution in [-0.2, 0) is 23.3 Å². The highest BCUT2D eigenvalue weighted by atomic mass is 32.1.